The van der Waals surface area contributed by atoms with Gasteiger partial charge in [-0.2, -0.15) is 0 Å². The van der Waals surface area contributed by atoms with Crippen molar-refractivity contribution in [1.29, 1.82) is 0 Å². The quantitative estimate of drug-likeness (QED) is 0.505. The molecule has 1 aliphatic rings. The molecule has 0 aromatic heterocycles. The predicted octanol–water partition coefficient (Wildman–Crippen LogP) is 1.69. The number of sulfonamides is 1. The maximum atomic E-state index is 12.2. The van der Waals surface area contributed by atoms with Gasteiger partial charge in [0.15, 0.2) is 0 Å². The van der Waals surface area contributed by atoms with Gasteiger partial charge < -0.3 is 14.8 Å². The Bertz CT molecular complexity index is 657. The standard InChI is InChI=1S/C18H28N2O5S/c1-2-25-16-6-8-17(9-7-16)26(22,23)20-12-10-18(21)19-11-3-13-24-14-15-4-5-15/h6-9,15,20H,2-5,10-14H2,1H3,(H,19,21). The molecule has 0 heterocycles. The SMILES string of the molecule is CCOc1ccc(S(=O)(=O)NCCC(=O)NCCCOCC2CC2)cc1. The lowest BCUT2D eigenvalue weighted by Crippen LogP contribution is -2.31. The van der Waals surface area contributed by atoms with E-state index in [2.05, 4.69) is 10.0 Å². The van der Waals surface area contributed by atoms with Crippen molar-refractivity contribution in [2.75, 3.05) is 32.9 Å². The lowest BCUT2D eigenvalue weighted by molar-refractivity contribution is -0.120. The van der Waals surface area contributed by atoms with Crippen LogP contribution in [0.15, 0.2) is 29.2 Å². The van der Waals surface area contributed by atoms with Gasteiger partial charge >= 0.3 is 0 Å². The summed E-state index contributed by atoms with van der Waals surface area (Å²) in [7, 11) is -3.63. The molecule has 1 aliphatic carbocycles. The van der Waals surface area contributed by atoms with Crippen LogP contribution in [0.4, 0.5) is 0 Å². The molecule has 1 aromatic rings. The second-order valence-corrected chi connectivity index (χ2v) is 8.04. The topological polar surface area (TPSA) is 93.7 Å². The second-order valence-electron chi connectivity index (χ2n) is 6.27. The van der Waals surface area contributed by atoms with Crippen LogP contribution in [0.25, 0.3) is 0 Å². The average Bonchev–Trinajstić information content (AvgIpc) is 3.43. The van der Waals surface area contributed by atoms with E-state index < -0.39 is 10.0 Å². The molecule has 2 rings (SSSR count). The minimum Gasteiger partial charge on any atom is -0.494 e. The molecular weight excluding hydrogens is 356 g/mol. The summed E-state index contributed by atoms with van der Waals surface area (Å²) < 4.78 is 37.6. The van der Waals surface area contributed by atoms with E-state index in [0.717, 1.165) is 18.9 Å². The Labute approximate surface area is 155 Å². The molecule has 8 heteroatoms. The number of carbonyl (C=O) groups is 1. The average molecular weight is 384 g/mol. The number of ether oxygens (including phenoxy) is 2. The Morgan fingerprint density at radius 1 is 1.19 bits per heavy atom. The van der Waals surface area contributed by atoms with E-state index >= 15 is 0 Å². The van der Waals surface area contributed by atoms with E-state index in [1.54, 1.807) is 12.1 Å². The van der Waals surface area contributed by atoms with Crippen molar-refractivity contribution < 1.29 is 22.7 Å². The number of nitrogens with one attached hydrogen (secondary N) is 2. The van der Waals surface area contributed by atoms with Crippen LogP contribution in [0.3, 0.4) is 0 Å². The molecule has 1 aromatic carbocycles. The van der Waals surface area contributed by atoms with Crippen LogP contribution in [0.5, 0.6) is 5.75 Å². The summed E-state index contributed by atoms with van der Waals surface area (Å²) in [5, 5.41) is 2.76. The van der Waals surface area contributed by atoms with Crippen molar-refractivity contribution >= 4 is 15.9 Å². The molecule has 0 spiro atoms. The number of amides is 1. The lowest BCUT2D eigenvalue weighted by Gasteiger charge is -2.09. The Morgan fingerprint density at radius 3 is 2.58 bits per heavy atom. The molecule has 1 fully saturated rings. The molecule has 146 valence electrons. The summed E-state index contributed by atoms with van der Waals surface area (Å²) in [6, 6.07) is 6.18. The van der Waals surface area contributed by atoms with Gasteiger partial charge in [-0.15, -0.1) is 0 Å². The molecule has 26 heavy (non-hydrogen) atoms. The van der Waals surface area contributed by atoms with Crippen molar-refractivity contribution in [3.63, 3.8) is 0 Å². The molecule has 0 unspecified atom stereocenters. The zero-order chi connectivity index (χ0) is 18.8. The van der Waals surface area contributed by atoms with E-state index in [-0.39, 0.29) is 23.8 Å². The van der Waals surface area contributed by atoms with E-state index in [4.69, 9.17) is 9.47 Å². The number of hydrogen-bond donors (Lipinski definition) is 2. The molecule has 7 nitrogen and oxygen atoms in total. The highest BCUT2D eigenvalue weighted by Crippen LogP contribution is 2.28. The van der Waals surface area contributed by atoms with Gasteiger partial charge in [0.05, 0.1) is 11.5 Å². The van der Waals surface area contributed by atoms with Crippen LogP contribution >= 0.6 is 0 Å². The minimum atomic E-state index is -3.63. The summed E-state index contributed by atoms with van der Waals surface area (Å²) in [6.45, 7) is 4.43. The first kappa shape index (κ1) is 20.7. The fourth-order valence-electron chi connectivity index (χ4n) is 2.29. The van der Waals surface area contributed by atoms with Crippen LogP contribution in [0.1, 0.15) is 32.6 Å². The Kier molecular flexibility index (Phi) is 8.34. The molecular formula is C18H28N2O5S. The number of hydrogen-bond acceptors (Lipinski definition) is 5. The maximum absolute atomic E-state index is 12.2. The van der Waals surface area contributed by atoms with Crippen LogP contribution in [-0.4, -0.2) is 47.2 Å². The van der Waals surface area contributed by atoms with E-state index in [1.807, 2.05) is 6.92 Å². The highest BCUT2D eigenvalue weighted by Gasteiger charge is 2.20. The molecule has 1 saturated carbocycles. The van der Waals surface area contributed by atoms with Gasteiger partial charge in [-0.05, 0) is 56.4 Å². The summed E-state index contributed by atoms with van der Waals surface area (Å²) >= 11 is 0. The van der Waals surface area contributed by atoms with Crippen LogP contribution in [-0.2, 0) is 19.6 Å². The molecule has 0 saturated heterocycles. The fourth-order valence-corrected chi connectivity index (χ4v) is 3.32. The first-order chi connectivity index (χ1) is 12.5. The predicted molar refractivity (Wildman–Crippen MR) is 98.6 cm³/mol. The first-order valence-electron chi connectivity index (χ1n) is 9.08. The third-order valence-electron chi connectivity index (χ3n) is 3.93. The van der Waals surface area contributed by atoms with Crippen molar-refractivity contribution in [1.82, 2.24) is 10.0 Å². The zero-order valence-electron chi connectivity index (χ0n) is 15.2. The number of benzene rings is 1. The van der Waals surface area contributed by atoms with E-state index in [1.165, 1.54) is 25.0 Å². The molecule has 2 N–H and O–H groups in total. The third-order valence-corrected chi connectivity index (χ3v) is 5.40. The third kappa shape index (κ3) is 7.72. The summed E-state index contributed by atoms with van der Waals surface area (Å²) in [5.74, 6) is 1.18. The molecule has 0 bridgehead atoms. The highest BCUT2D eigenvalue weighted by atomic mass is 32.2. The molecule has 1 amide bonds. The maximum Gasteiger partial charge on any atom is 0.240 e. The van der Waals surface area contributed by atoms with Gasteiger partial charge in [0.1, 0.15) is 5.75 Å². The molecule has 0 aliphatic heterocycles. The Morgan fingerprint density at radius 2 is 1.92 bits per heavy atom. The first-order valence-corrected chi connectivity index (χ1v) is 10.6. The summed E-state index contributed by atoms with van der Waals surface area (Å²) in [4.78, 5) is 11.9. The van der Waals surface area contributed by atoms with Crippen molar-refractivity contribution in [3.8, 4) is 5.75 Å². The van der Waals surface area contributed by atoms with Gasteiger partial charge in [0.2, 0.25) is 15.9 Å². The number of carbonyl (C=O) groups excluding carboxylic acids is 1. The normalized spacial score (nSPS) is 14.2. The largest absolute Gasteiger partial charge is 0.494 e. The fraction of sp³-hybridized carbons (Fsp3) is 0.611. The summed E-state index contributed by atoms with van der Waals surface area (Å²) in [6.07, 6.45) is 3.39. The number of rotatable bonds is 13. The Balaban J connectivity index is 1.59. The van der Waals surface area contributed by atoms with Crippen molar-refractivity contribution in [3.05, 3.63) is 24.3 Å². The van der Waals surface area contributed by atoms with Gasteiger partial charge in [-0.25, -0.2) is 13.1 Å². The zero-order valence-corrected chi connectivity index (χ0v) is 16.0. The van der Waals surface area contributed by atoms with Crippen molar-refractivity contribution in [2.24, 2.45) is 5.92 Å². The second kappa shape index (κ2) is 10.5. The van der Waals surface area contributed by atoms with Gasteiger partial charge in [0.25, 0.3) is 0 Å². The molecule has 0 radical (unpaired) electrons. The van der Waals surface area contributed by atoms with Crippen LogP contribution in [0, 0.1) is 5.92 Å². The van der Waals surface area contributed by atoms with Gasteiger partial charge in [-0.3, -0.25) is 4.79 Å². The van der Waals surface area contributed by atoms with Gasteiger partial charge in [0, 0.05) is 32.7 Å². The highest BCUT2D eigenvalue weighted by molar-refractivity contribution is 7.89. The van der Waals surface area contributed by atoms with Gasteiger partial charge in [-0.1, -0.05) is 0 Å². The molecule has 0 atom stereocenters. The summed E-state index contributed by atoms with van der Waals surface area (Å²) in [5.41, 5.74) is 0. The minimum absolute atomic E-state index is 0.0551. The van der Waals surface area contributed by atoms with Crippen LogP contribution in [0.2, 0.25) is 0 Å². The van der Waals surface area contributed by atoms with Crippen molar-refractivity contribution in [2.45, 2.75) is 37.5 Å². The lowest BCUT2D eigenvalue weighted by atomic mass is 10.3. The monoisotopic (exact) mass is 384 g/mol. The van der Waals surface area contributed by atoms with E-state index in [9.17, 15) is 13.2 Å². The van der Waals surface area contributed by atoms with Crippen LogP contribution < -0.4 is 14.8 Å². The Hall–Kier alpha value is -1.64. The van der Waals surface area contributed by atoms with E-state index in [0.29, 0.717) is 25.5 Å². The smallest absolute Gasteiger partial charge is 0.240 e.